The largest absolute Gasteiger partial charge is 0.416 e. The van der Waals surface area contributed by atoms with Crippen molar-refractivity contribution < 1.29 is 18.0 Å². The predicted octanol–water partition coefficient (Wildman–Crippen LogP) is 2.66. The van der Waals surface area contributed by atoms with E-state index in [0.717, 1.165) is 37.3 Å². The van der Waals surface area contributed by atoms with Gasteiger partial charge in [-0.25, -0.2) is 0 Å². The van der Waals surface area contributed by atoms with Crippen molar-refractivity contribution in [3.8, 4) is 0 Å². The SMILES string of the molecule is CC(NC(=O)Cc1ccc(C(F)(F)F)cc1)c1nnc2n1CCC2. The van der Waals surface area contributed by atoms with E-state index in [1.54, 1.807) is 0 Å². The second kappa shape index (κ2) is 6.26. The molecule has 2 aromatic rings. The van der Waals surface area contributed by atoms with Crippen LogP contribution in [-0.4, -0.2) is 20.7 Å². The van der Waals surface area contributed by atoms with Crippen molar-refractivity contribution in [2.24, 2.45) is 0 Å². The summed E-state index contributed by atoms with van der Waals surface area (Å²) in [4.78, 5) is 12.1. The maximum atomic E-state index is 12.5. The number of carbonyl (C=O) groups excluding carboxylic acids is 1. The fraction of sp³-hybridized carbons (Fsp3) is 0.438. The lowest BCUT2D eigenvalue weighted by molar-refractivity contribution is -0.137. The fourth-order valence-electron chi connectivity index (χ4n) is 2.85. The Kier molecular flexibility index (Phi) is 4.29. The maximum absolute atomic E-state index is 12.5. The van der Waals surface area contributed by atoms with E-state index >= 15 is 0 Å². The summed E-state index contributed by atoms with van der Waals surface area (Å²) >= 11 is 0. The quantitative estimate of drug-likeness (QED) is 0.932. The van der Waals surface area contributed by atoms with Crippen molar-refractivity contribution in [2.45, 2.75) is 44.9 Å². The van der Waals surface area contributed by atoms with Crippen LogP contribution in [0, 0.1) is 0 Å². The van der Waals surface area contributed by atoms with Crippen LogP contribution in [0.2, 0.25) is 0 Å². The number of carbonyl (C=O) groups is 1. The van der Waals surface area contributed by atoms with Crippen molar-refractivity contribution in [3.05, 3.63) is 47.0 Å². The summed E-state index contributed by atoms with van der Waals surface area (Å²) in [7, 11) is 0. The van der Waals surface area contributed by atoms with Gasteiger partial charge in [0.05, 0.1) is 18.0 Å². The summed E-state index contributed by atoms with van der Waals surface area (Å²) in [6.45, 7) is 2.66. The van der Waals surface area contributed by atoms with Crippen LogP contribution in [0.25, 0.3) is 0 Å². The Hall–Kier alpha value is -2.38. The van der Waals surface area contributed by atoms with Crippen LogP contribution in [0.1, 0.15) is 42.2 Å². The number of aromatic nitrogens is 3. The molecule has 2 heterocycles. The maximum Gasteiger partial charge on any atom is 0.416 e. The molecule has 1 aliphatic rings. The molecule has 0 fully saturated rings. The van der Waals surface area contributed by atoms with Crippen molar-refractivity contribution >= 4 is 5.91 Å². The van der Waals surface area contributed by atoms with E-state index in [2.05, 4.69) is 15.5 Å². The Labute approximate surface area is 136 Å². The number of hydrogen-bond donors (Lipinski definition) is 1. The van der Waals surface area contributed by atoms with Gasteiger partial charge in [-0.2, -0.15) is 13.2 Å². The molecule has 0 radical (unpaired) electrons. The van der Waals surface area contributed by atoms with E-state index in [4.69, 9.17) is 0 Å². The van der Waals surface area contributed by atoms with Gasteiger partial charge in [-0.05, 0) is 31.0 Å². The highest BCUT2D eigenvalue weighted by molar-refractivity contribution is 5.78. The average molecular weight is 338 g/mol. The van der Waals surface area contributed by atoms with E-state index < -0.39 is 11.7 Å². The Morgan fingerprint density at radius 3 is 2.67 bits per heavy atom. The van der Waals surface area contributed by atoms with Gasteiger partial charge in [0, 0.05) is 13.0 Å². The molecule has 0 bridgehead atoms. The lowest BCUT2D eigenvalue weighted by atomic mass is 10.1. The van der Waals surface area contributed by atoms with E-state index in [-0.39, 0.29) is 18.4 Å². The van der Waals surface area contributed by atoms with Gasteiger partial charge >= 0.3 is 6.18 Å². The molecule has 1 amide bonds. The molecule has 5 nitrogen and oxygen atoms in total. The molecule has 0 aliphatic carbocycles. The van der Waals surface area contributed by atoms with Gasteiger partial charge in [-0.1, -0.05) is 12.1 Å². The standard InChI is InChI=1S/C16H17F3N4O/c1-10(15-22-21-13-3-2-8-23(13)15)20-14(24)9-11-4-6-12(7-5-11)16(17,18)19/h4-7,10H,2-3,8-9H2,1H3,(H,20,24). The molecular weight excluding hydrogens is 321 g/mol. The number of halogens is 3. The van der Waals surface area contributed by atoms with Gasteiger partial charge in [0.1, 0.15) is 5.82 Å². The highest BCUT2D eigenvalue weighted by atomic mass is 19.4. The molecule has 3 rings (SSSR count). The summed E-state index contributed by atoms with van der Waals surface area (Å²) in [5.41, 5.74) is -0.196. The minimum absolute atomic E-state index is 0.0173. The number of aryl methyl sites for hydroxylation is 1. The summed E-state index contributed by atoms with van der Waals surface area (Å²) in [6.07, 6.45) is -2.45. The third-order valence-electron chi connectivity index (χ3n) is 4.05. The number of amides is 1. The molecule has 0 saturated carbocycles. The molecular formula is C16H17F3N4O. The van der Waals surface area contributed by atoms with Gasteiger partial charge in [0.25, 0.3) is 0 Å². The van der Waals surface area contributed by atoms with Crippen LogP contribution in [0.5, 0.6) is 0 Å². The molecule has 0 spiro atoms. The average Bonchev–Trinajstić information content (AvgIpc) is 3.09. The minimum atomic E-state index is -4.37. The van der Waals surface area contributed by atoms with Crippen LogP contribution >= 0.6 is 0 Å². The lowest BCUT2D eigenvalue weighted by Gasteiger charge is -2.14. The van der Waals surface area contributed by atoms with Crippen molar-refractivity contribution in [2.75, 3.05) is 0 Å². The first-order chi connectivity index (χ1) is 11.3. The topological polar surface area (TPSA) is 59.8 Å². The smallest absolute Gasteiger partial charge is 0.346 e. The Balaban J connectivity index is 1.61. The number of nitrogens with one attached hydrogen (secondary N) is 1. The Morgan fingerprint density at radius 1 is 1.29 bits per heavy atom. The fourth-order valence-corrected chi connectivity index (χ4v) is 2.85. The number of fused-ring (bicyclic) bond motifs is 1. The highest BCUT2D eigenvalue weighted by Gasteiger charge is 2.30. The number of alkyl halides is 3. The van der Waals surface area contributed by atoms with Gasteiger partial charge < -0.3 is 9.88 Å². The number of hydrogen-bond acceptors (Lipinski definition) is 3. The molecule has 8 heteroatoms. The van der Waals surface area contributed by atoms with Crippen LogP contribution < -0.4 is 5.32 Å². The molecule has 1 N–H and O–H groups in total. The third kappa shape index (κ3) is 3.42. The van der Waals surface area contributed by atoms with E-state index in [0.29, 0.717) is 11.4 Å². The Morgan fingerprint density at radius 2 is 2.00 bits per heavy atom. The van der Waals surface area contributed by atoms with Crippen molar-refractivity contribution in [1.29, 1.82) is 0 Å². The van der Waals surface area contributed by atoms with Crippen LogP contribution in [-0.2, 0) is 30.4 Å². The van der Waals surface area contributed by atoms with Crippen LogP contribution in [0.4, 0.5) is 13.2 Å². The molecule has 1 aliphatic heterocycles. The first kappa shape index (κ1) is 16.5. The molecule has 1 aromatic heterocycles. The monoisotopic (exact) mass is 338 g/mol. The van der Waals surface area contributed by atoms with Gasteiger partial charge in [0.2, 0.25) is 5.91 Å². The molecule has 0 saturated heterocycles. The molecule has 24 heavy (non-hydrogen) atoms. The normalized spacial score (nSPS) is 15.2. The first-order valence-corrected chi connectivity index (χ1v) is 7.72. The van der Waals surface area contributed by atoms with E-state index in [1.165, 1.54) is 12.1 Å². The van der Waals surface area contributed by atoms with Crippen molar-refractivity contribution in [3.63, 3.8) is 0 Å². The number of rotatable bonds is 4. The molecule has 1 aromatic carbocycles. The summed E-state index contributed by atoms with van der Waals surface area (Å²) in [6, 6.07) is 4.31. The zero-order valence-electron chi connectivity index (χ0n) is 13.1. The number of benzene rings is 1. The van der Waals surface area contributed by atoms with E-state index in [1.807, 2.05) is 11.5 Å². The minimum Gasteiger partial charge on any atom is -0.346 e. The first-order valence-electron chi connectivity index (χ1n) is 7.72. The Bertz CT molecular complexity index is 737. The van der Waals surface area contributed by atoms with Crippen LogP contribution in [0.15, 0.2) is 24.3 Å². The zero-order valence-corrected chi connectivity index (χ0v) is 13.1. The highest BCUT2D eigenvalue weighted by Crippen LogP contribution is 2.29. The predicted molar refractivity (Wildman–Crippen MR) is 80.0 cm³/mol. The second-order valence-corrected chi connectivity index (χ2v) is 5.89. The van der Waals surface area contributed by atoms with Gasteiger partial charge in [-0.3, -0.25) is 4.79 Å². The van der Waals surface area contributed by atoms with Crippen LogP contribution in [0.3, 0.4) is 0 Å². The van der Waals surface area contributed by atoms with Gasteiger partial charge in [-0.15, -0.1) is 10.2 Å². The molecule has 128 valence electrons. The summed E-state index contributed by atoms with van der Waals surface area (Å²) < 4.78 is 39.6. The van der Waals surface area contributed by atoms with Crippen molar-refractivity contribution in [1.82, 2.24) is 20.1 Å². The second-order valence-electron chi connectivity index (χ2n) is 5.89. The van der Waals surface area contributed by atoms with E-state index in [9.17, 15) is 18.0 Å². The third-order valence-corrected chi connectivity index (χ3v) is 4.05. The van der Waals surface area contributed by atoms with Gasteiger partial charge in [0.15, 0.2) is 5.82 Å². The summed E-state index contributed by atoms with van der Waals surface area (Å²) in [5.74, 6) is 1.37. The number of nitrogens with zero attached hydrogens (tertiary/aromatic N) is 3. The summed E-state index contributed by atoms with van der Waals surface area (Å²) in [5, 5.41) is 11.0. The zero-order chi connectivity index (χ0) is 17.3. The molecule has 1 unspecified atom stereocenters. The lowest BCUT2D eigenvalue weighted by Crippen LogP contribution is -2.30. The molecule has 1 atom stereocenters.